The minimum atomic E-state index is -0.158. The first-order valence-corrected chi connectivity index (χ1v) is 9.07. The van der Waals surface area contributed by atoms with E-state index in [-0.39, 0.29) is 5.91 Å². The molecular formula is C16H25N5O2S. The highest BCUT2D eigenvalue weighted by atomic mass is 32.1. The predicted molar refractivity (Wildman–Crippen MR) is 95.1 cm³/mol. The molecule has 2 fully saturated rings. The maximum atomic E-state index is 12.3. The zero-order valence-corrected chi connectivity index (χ0v) is 14.7. The van der Waals surface area contributed by atoms with Crippen molar-refractivity contribution in [1.82, 2.24) is 20.2 Å². The number of aromatic nitrogens is 2. The van der Waals surface area contributed by atoms with Gasteiger partial charge in [-0.1, -0.05) is 18.6 Å². The fraction of sp³-hybridized carbons (Fsp3) is 0.688. The van der Waals surface area contributed by atoms with Gasteiger partial charge >= 0.3 is 0 Å². The zero-order valence-electron chi connectivity index (χ0n) is 13.9. The summed E-state index contributed by atoms with van der Waals surface area (Å²) in [5, 5.41) is 2.95. The third kappa shape index (κ3) is 4.52. The van der Waals surface area contributed by atoms with Gasteiger partial charge in [-0.05, 0) is 25.9 Å². The number of amides is 1. The fourth-order valence-electron chi connectivity index (χ4n) is 3.09. The molecule has 2 N–H and O–H groups in total. The van der Waals surface area contributed by atoms with Crippen LogP contribution in [0.1, 0.15) is 29.6 Å². The van der Waals surface area contributed by atoms with E-state index in [1.54, 1.807) is 6.20 Å². The third-order valence-electron chi connectivity index (χ3n) is 4.50. The van der Waals surface area contributed by atoms with Crippen LogP contribution < -0.4 is 10.2 Å². The molecule has 0 radical (unpaired) electrons. The van der Waals surface area contributed by atoms with E-state index in [0.29, 0.717) is 35.9 Å². The van der Waals surface area contributed by atoms with Gasteiger partial charge in [-0.2, -0.15) is 0 Å². The second kappa shape index (κ2) is 8.55. The number of aromatic amines is 1. The van der Waals surface area contributed by atoms with Crippen LogP contribution >= 0.6 is 12.2 Å². The number of nitrogens with one attached hydrogen (secondary N) is 2. The van der Waals surface area contributed by atoms with Gasteiger partial charge in [0.2, 0.25) is 5.95 Å². The van der Waals surface area contributed by atoms with Crippen LogP contribution in [-0.2, 0) is 4.74 Å². The summed E-state index contributed by atoms with van der Waals surface area (Å²) in [6.45, 7) is 6.71. The number of morpholine rings is 1. The molecule has 1 aromatic rings. The molecule has 0 bridgehead atoms. The van der Waals surface area contributed by atoms with Gasteiger partial charge in [-0.3, -0.25) is 4.79 Å². The summed E-state index contributed by atoms with van der Waals surface area (Å²) < 4.78 is 5.76. The average molecular weight is 351 g/mol. The molecule has 1 aromatic heterocycles. The van der Waals surface area contributed by atoms with E-state index in [4.69, 9.17) is 17.0 Å². The van der Waals surface area contributed by atoms with E-state index >= 15 is 0 Å². The van der Waals surface area contributed by atoms with Crippen molar-refractivity contribution in [1.29, 1.82) is 0 Å². The molecule has 7 nitrogen and oxygen atoms in total. The second-order valence-electron chi connectivity index (χ2n) is 6.21. The van der Waals surface area contributed by atoms with E-state index in [2.05, 4.69) is 25.1 Å². The minimum absolute atomic E-state index is 0.158. The molecule has 0 aromatic carbocycles. The highest BCUT2D eigenvalue weighted by molar-refractivity contribution is 7.71. The van der Waals surface area contributed by atoms with Crippen LogP contribution in [-0.4, -0.2) is 73.3 Å². The van der Waals surface area contributed by atoms with Crippen molar-refractivity contribution in [2.24, 2.45) is 0 Å². The maximum absolute atomic E-state index is 12.3. The number of carbonyl (C=O) groups excluding carboxylic acids is 1. The number of ether oxygens (including phenoxy) is 1. The smallest absolute Gasteiger partial charge is 0.255 e. The first-order chi connectivity index (χ1) is 11.7. The molecule has 2 aliphatic rings. The Morgan fingerprint density at radius 3 is 2.71 bits per heavy atom. The van der Waals surface area contributed by atoms with Gasteiger partial charge in [-0.25, -0.2) is 4.98 Å². The van der Waals surface area contributed by atoms with Gasteiger partial charge < -0.3 is 24.8 Å². The van der Waals surface area contributed by atoms with Crippen LogP contribution in [0.4, 0.5) is 5.95 Å². The number of hydrogen-bond acceptors (Lipinski definition) is 6. The van der Waals surface area contributed by atoms with Crippen LogP contribution in [0.3, 0.4) is 0 Å². The second-order valence-corrected chi connectivity index (χ2v) is 6.62. The lowest BCUT2D eigenvalue weighted by atomic mass is 10.1. The van der Waals surface area contributed by atoms with Crippen LogP contribution in [0.15, 0.2) is 6.20 Å². The van der Waals surface area contributed by atoms with Crippen molar-refractivity contribution in [3.63, 3.8) is 0 Å². The molecule has 2 aliphatic heterocycles. The average Bonchev–Trinajstić information content (AvgIpc) is 2.63. The van der Waals surface area contributed by atoms with E-state index < -0.39 is 0 Å². The van der Waals surface area contributed by atoms with Gasteiger partial charge in [-0.15, -0.1) is 0 Å². The van der Waals surface area contributed by atoms with Crippen LogP contribution in [0.25, 0.3) is 0 Å². The van der Waals surface area contributed by atoms with Gasteiger partial charge in [0, 0.05) is 32.4 Å². The monoisotopic (exact) mass is 351 g/mol. The Labute approximate surface area is 147 Å². The van der Waals surface area contributed by atoms with E-state index in [9.17, 15) is 4.79 Å². The molecule has 0 aliphatic carbocycles. The standard InChI is InChI=1S/C16H25N5O2S/c22-14(17-4-7-20-5-2-1-3-6-20)13-12-18-16(19-15(13)24)21-8-10-23-11-9-21/h12H,1-11H2,(H,17,22)(H,18,19,24). The number of piperidine rings is 1. The predicted octanol–water partition coefficient (Wildman–Crippen LogP) is 1.19. The van der Waals surface area contributed by atoms with Gasteiger partial charge in [0.15, 0.2) is 0 Å². The summed E-state index contributed by atoms with van der Waals surface area (Å²) in [4.78, 5) is 24.2. The Balaban J connectivity index is 1.53. The Bertz CT molecular complexity index is 609. The largest absolute Gasteiger partial charge is 0.378 e. The Kier molecular flexibility index (Phi) is 6.17. The normalized spacial score (nSPS) is 19.2. The first kappa shape index (κ1) is 17.3. The minimum Gasteiger partial charge on any atom is -0.378 e. The lowest BCUT2D eigenvalue weighted by Crippen LogP contribution is -2.38. The van der Waals surface area contributed by atoms with Gasteiger partial charge in [0.25, 0.3) is 5.91 Å². The van der Waals surface area contributed by atoms with Crippen LogP contribution in [0.5, 0.6) is 0 Å². The maximum Gasteiger partial charge on any atom is 0.255 e. The number of rotatable bonds is 5. The molecule has 132 valence electrons. The topological polar surface area (TPSA) is 73.5 Å². The lowest BCUT2D eigenvalue weighted by molar-refractivity contribution is 0.0945. The molecule has 0 spiro atoms. The molecule has 3 rings (SSSR count). The molecule has 2 saturated heterocycles. The Morgan fingerprint density at radius 2 is 2.00 bits per heavy atom. The number of nitrogens with zero attached hydrogens (tertiary/aromatic N) is 3. The molecule has 0 atom stereocenters. The number of H-pyrrole nitrogens is 1. The van der Waals surface area contributed by atoms with Crippen molar-refractivity contribution in [2.45, 2.75) is 19.3 Å². The molecule has 1 amide bonds. The van der Waals surface area contributed by atoms with E-state index in [1.807, 2.05) is 0 Å². The summed E-state index contributed by atoms with van der Waals surface area (Å²) in [7, 11) is 0. The number of carbonyl (C=O) groups is 1. The first-order valence-electron chi connectivity index (χ1n) is 8.66. The van der Waals surface area contributed by atoms with Crippen LogP contribution in [0, 0.1) is 4.64 Å². The Hall–Kier alpha value is -1.51. The summed E-state index contributed by atoms with van der Waals surface area (Å²) in [6, 6.07) is 0. The number of anilines is 1. The van der Waals surface area contributed by atoms with Crippen molar-refractivity contribution in [2.75, 3.05) is 57.4 Å². The van der Waals surface area contributed by atoms with Gasteiger partial charge in [0.1, 0.15) is 4.64 Å². The molecule has 0 saturated carbocycles. The highest BCUT2D eigenvalue weighted by Crippen LogP contribution is 2.11. The molecule has 8 heteroatoms. The van der Waals surface area contributed by atoms with Crippen molar-refractivity contribution in [3.8, 4) is 0 Å². The molecule has 0 unspecified atom stereocenters. The quantitative estimate of drug-likeness (QED) is 0.777. The summed E-state index contributed by atoms with van der Waals surface area (Å²) >= 11 is 5.34. The summed E-state index contributed by atoms with van der Waals surface area (Å²) in [6.07, 6.45) is 5.40. The molecule has 24 heavy (non-hydrogen) atoms. The van der Waals surface area contributed by atoms with Crippen molar-refractivity contribution in [3.05, 3.63) is 16.4 Å². The molecular weight excluding hydrogens is 326 g/mol. The zero-order chi connectivity index (χ0) is 16.8. The summed E-state index contributed by atoms with van der Waals surface area (Å²) in [5.74, 6) is 0.544. The van der Waals surface area contributed by atoms with E-state index in [0.717, 1.165) is 32.7 Å². The van der Waals surface area contributed by atoms with Crippen molar-refractivity contribution >= 4 is 24.1 Å². The van der Waals surface area contributed by atoms with Gasteiger partial charge in [0.05, 0.1) is 18.8 Å². The Morgan fingerprint density at radius 1 is 1.25 bits per heavy atom. The SMILES string of the molecule is O=C(NCCN1CCCCC1)c1cnc(N2CCOCC2)[nH]c1=S. The third-order valence-corrected chi connectivity index (χ3v) is 4.83. The molecule has 3 heterocycles. The number of likely N-dealkylation sites (tertiary alicyclic amines) is 1. The lowest BCUT2D eigenvalue weighted by Gasteiger charge is -2.27. The fourth-order valence-corrected chi connectivity index (χ4v) is 3.33. The summed E-state index contributed by atoms with van der Waals surface area (Å²) in [5.41, 5.74) is 0.431. The van der Waals surface area contributed by atoms with Crippen LogP contribution in [0.2, 0.25) is 0 Å². The number of hydrogen-bond donors (Lipinski definition) is 2. The van der Waals surface area contributed by atoms with E-state index in [1.165, 1.54) is 19.3 Å². The highest BCUT2D eigenvalue weighted by Gasteiger charge is 2.16. The van der Waals surface area contributed by atoms with Crippen molar-refractivity contribution < 1.29 is 9.53 Å².